The first kappa shape index (κ1) is 19.0. The molecule has 0 fully saturated rings. The summed E-state index contributed by atoms with van der Waals surface area (Å²) in [7, 11) is 1.56. The molecule has 0 aliphatic heterocycles. The lowest BCUT2D eigenvalue weighted by Crippen LogP contribution is -2.14. The lowest BCUT2D eigenvalue weighted by molar-refractivity contribution is -0.113. The Morgan fingerprint density at radius 3 is 2.74 bits per heavy atom. The van der Waals surface area contributed by atoms with Crippen LogP contribution in [0.15, 0.2) is 52.1 Å². The van der Waals surface area contributed by atoms with Crippen LogP contribution < -0.4 is 10.1 Å². The van der Waals surface area contributed by atoms with Crippen LogP contribution in [0.5, 0.6) is 5.75 Å². The number of benzene rings is 2. The number of nitrogens with one attached hydrogen (secondary N) is 1. The van der Waals surface area contributed by atoms with Crippen LogP contribution >= 0.6 is 11.8 Å². The smallest absolute Gasteiger partial charge is 0.277 e. The number of methoxy groups -OCH3 is 1. The van der Waals surface area contributed by atoms with Gasteiger partial charge in [-0.1, -0.05) is 42.1 Å². The molecular weight excluding hydrogens is 362 g/mol. The molecule has 3 aromatic rings. The van der Waals surface area contributed by atoms with E-state index in [-0.39, 0.29) is 11.7 Å². The third kappa shape index (κ3) is 5.10. The van der Waals surface area contributed by atoms with Crippen LogP contribution in [0.3, 0.4) is 0 Å². The van der Waals surface area contributed by atoms with Gasteiger partial charge >= 0.3 is 0 Å². The summed E-state index contributed by atoms with van der Waals surface area (Å²) in [5.74, 6) is 1.15. The van der Waals surface area contributed by atoms with Gasteiger partial charge in [0, 0.05) is 0 Å². The van der Waals surface area contributed by atoms with Gasteiger partial charge in [0.15, 0.2) is 0 Å². The number of carbonyl (C=O) groups excluding carboxylic acids is 1. The van der Waals surface area contributed by atoms with E-state index in [0.717, 1.165) is 5.56 Å². The third-order valence-corrected chi connectivity index (χ3v) is 4.90. The number of ether oxygens (including phenoxy) is 1. The molecule has 0 unspecified atom stereocenters. The number of thioether (sulfide) groups is 1. The van der Waals surface area contributed by atoms with Crippen molar-refractivity contribution in [2.75, 3.05) is 18.2 Å². The summed E-state index contributed by atoms with van der Waals surface area (Å²) in [6.45, 7) is 4.16. The molecule has 1 heterocycles. The molecule has 0 aliphatic rings. The van der Waals surface area contributed by atoms with Gasteiger partial charge in [0.2, 0.25) is 11.8 Å². The molecule has 0 saturated carbocycles. The van der Waals surface area contributed by atoms with Crippen molar-refractivity contribution in [3.63, 3.8) is 0 Å². The number of hydrogen-bond donors (Lipinski definition) is 1. The Morgan fingerprint density at radius 1 is 1.15 bits per heavy atom. The first-order chi connectivity index (χ1) is 13.0. The van der Waals surface area contributed by atoms with Crippen molar-refractivity contribution in [2.45, 2.75) is 25.5 Å². The molecule has 2 aromatic carbocycles. The Hall–Kier alpha value is -2.80. The number of aromatic nitrogens is 2. The number of anilines is 1. The van der Waals surface area contributed by atoms with E-state index in [0.29, 0.717) is 29.0 Å². The Balaban J connectivity index is 1.54. The summed E-state index contributed by atoms with van der Waals surface area (Å²) < 4.78 is 10.9. The SMILES string of the molecule is COc1ccccc1NC(=O)CSc1nnc(Cc2ccc(C)c(C)c2)o1. The maximum atomic E-state index is 12.1. The van der Waals surface area contributed by atoms with Crippen LogP contribution in [0, 0.1) is 13.8 Å². The topological polar surface area (TPSA) is 77.2 Å². The van der Waals surface area contributed by atoms with E-state index < -0.39 is 0 Å². The minimum Gasteiger partial charge on any atom is -0.495 e. The van der Waals surface area contributed by atoms with Crippen LogP contribution in [0.1, 0.15) is 22.6 Å². The molecular formula is C20H21N3O3S. The Labute approximate surface area is 162 Å². The number of hydrogen-bond acceptors (Lipinski definition) is 6. The van der Waals surface area contributed by atoms with Crippen molar-refractivity contribution < 1.29 is 13.9 Å². The first-order valence-corrected chi connectivity index (χ1v) is 9.48. The largest absolute Gasteiger partial charge is 0.495 e. The Kier molecular flexibility index (Phi) is 6.13. The minimum absolute atomic E-state index is 0.168. The standard InChI is InChI=1S/C20H21N3O3S/c1-13-8-9-15(10-14(13)2)11-19-22-23-20(26-19)27-12-18(24)21-16-6-4-5-7-17(16)25-3/h4-10H,11-12H2,1-3H3,(H,21,24). The fraction of sp³-hybridized carbons (Fsp3) is 0.250. The number of rotatable bonds is 7. The predicted octanol–water partition coefficient (Wildman–Crippen LogP) is 4.02. The van der Waals surface area contributed by atoms with Gasteiger partial charge in [-0.05, 0) is 42.7 Å². The van der Waals surface area contributed by atoms with E-state index >= 15 is 0 Å². The normalized spacial score (nSPS) is 10.6. The van der Waals surface area contributed by atoms with Crippen molar-refractivity contribution in [3.8, 4) is 5.75 Å². The molecule has 140 valence electrons. The molecule has 27 heavy (non-hydrogen) atoms. The van der Waals surface area contributed by atoms with Crippen LogP contribution in [-0.2, 0) is 11.2 Å². The third-order valence-electron chi connectivity index (χ3n) is 4.08. The van der Waals surface area contributed by atoms with Crippen LogP contribution in [0.2, 0.25) is 0 Å². The molecule has 0 bridgehead atoms. The van der Waals surface area contributed by atoms with E-state index in [2.05, 4.69) is 47.6 Å². The molecule has 0 spiro atoms. The Morgan fingerprint density at radius 2 is 1.96 bits per heavy atom. The zero-order valence-corrected chi connectivity index (χ0v) is 16.3. The molecule has 0 aliphatic carbocycles. The molecule has 0 atom stereocenters. The average Bonchev–Trinajstić information content (AvgIpc) is 3.11. The van der Waals surface area contributed by atoms with Gasteiger partial charge in [-0.2, -0.15) is 0 Å². The summed E-state index contributed by atoms with van der Waals surface area (Å²) in [4.78, 5) is 12.1. The van der Waals surface area contributed by atoms with Gasteiger partial charge in [-0.3, -0.25) is 4.79 Å². The molecule has 1 N–H and O–H groups in total. The number of nitrogens with zero attached hydrogens (tertiary/aromatic N) is 2. The van der Waals surface area contributed by atoms with Gasteiger partial charge in [0.25, 0.3) is 5.22 Å². The molecule has 0 radical (unpaired) electrons. The number of amides is 1. The van der Waals surface area contributed by atoms with Gasteiger partial charge in [0.1, 0.15) is 5.75 Å². The second kappa shape index (κ2) is 8.73. The summed E-state index contributed by atoms with van der Waals surface area (Å²) in [5, 5.41) is 11.3. The van der Waals surface area contributed by atoms with E-state index in [9.17, 15) is 4.79 Å². The van der Waals surface area contributed by atoms with Crippen LogP contribution in [-0.4, -0.2) is 29.0 Å². The summed E-state index contributed by atoms with van der Waals surface area (Å²) in [6.07, 6.45) is 0.572. The van der Waals surface area contributed by atoms with Crippen molar-refractivity contribution >= 4 is 23.4 Å². The fourth-order valence-electron chi connectivity index (χ4n) is 2.52. The van der Waals surface area contributed by atoms with Gasteiger partial charge in [-0.25, -0.2) is 0 Å². The average molecular weight is 383 g/mol. The molecule has 7 heteroatoms. The molecule has 0 saturated heterocycles. The highest BCUT2D eigenvalue weighted by Crippen LogP contribution is 2.24. The number of para-hydroxylation sites is 2. The fourth-order valence-corrected chi connectivity index (χ4v) is 3.10. The highest BCUT2D eigenvalue weighted by molar-refractivity contribution is 7.99. The van der Waals surface area contributed by atoms with Crippen LogP contribution in [0.4, 0.5) is 5.69 Å². The molecule has 1 aromatic heterocycles. The monoisotopic (exact) mass is 383 g/mol. The Bertz CT molecular complexity index is 940. The van der Waals surface area contributed by atoms with Gasteiger partial charge in [0.05, 0.1) is 25.0 Å². The van der Waals surface area contributed by atoms with E-state index in [1.807, 2.05) is 12.1 Å². The predicted molar refractivity (Wildman–Crippen MR) is 105 cm³/mol. The first-order valence-electron chi connectivity index (χ1n) is 8.49. The maximum Gasteiger partial charge on any atom is 0.277 e. The summed E-state index contributed by atoms with van der Waals surface area (Å²) >= 11 is 1.21. The summed E-state index contributed by atoms with van der Waals surface area (Å²) in [6, 6.07) is 13.5. The van der Waals surface area contributed by atoms with Gasteiger partial charge in [-0.15, -0.1) is 10.2 Å². The second-order valence-electron chi connectivity index (χ2n) is 6.09. The second-order valence-corrected chi connectivity index (χ2v) is 7.02. The zero-order valence-electron chi connectivity index (χ0n) is 15.5. The van der Waals surface area contributed by atoms with Crippen molar-refractivity contribution in [3.05, 3.63) is 65.0 Å². The highest BCUT2D eigenvalue weighted by Gasteiger charge is 2.12. The summed E-state index contributed by atoms with van der Waals surface area (Å²) in [5.41, 5.74) is 4.23. The van der Waals surface area contributed by atoms with E-state index in [1.54, 1.807) is 19.2 Å². The number of aryl methyl sites for hydroxylation is 2. The minimum atomic E-state index is -0.168. The van der Waals surface area contributed by atoms with Crippen molar-refractivity contribution in [1.29, 1.82) is 0 Å². The lowest BCUT2D eigenvalue weighted by atomic mass is 10.0. The van der Waals surface area contributed by atoms with E-state index in [4.69, 9.17) is 9.15 Å². The molecule has 6 nitrogen and oxygen atoms in total. The quantitative estimate of drug-likeness (QED) is 0.621. The molecule has 3 rings (SSSR count). The molecule has 1 amide bonds. The van der Waals surface area contributed by atoms with Crippen molar-refractivity contribution in [2.24, 2.45) is 0 Å². The van der Waals surface area contributed by atoms with Gasteiger partial charge < -0.3 is 14.5 Å². The van der Waals surface area contributed by atoms with Crippen LogP contribution in [0.25, 0.3) is 0 Å². The van der Waals surface area contributed by atoms with E-state index in [1.165, 1.54) is 22.9 Å². The van der Waals surface area contributed by atoms with Crippen molar-refractivity contribution in [1.82, 2.24) is 10.2 Å². The maximum absolute atomic E-state index is 12.1. The lowest BCUT2D eigenvalue weighted by Gasteiger charge is -2.08. The zero-order chi connectivity index (χ0) is 19.2. The highest BCUT2D eigenvalue weighted by atomic mass is 32.2. The number of carbonyl (C=O) groups is 1.